The summed E-state index contributed by atoms with van der Waals surface area (Å²) in [4.78, 5) is 36.5. The van der Waals surface area contributed by atoms with E-state index in [2.05, 4.69) is 9.97 Å². The van der Waals surface area contributed by atoms with Crippen LogP contribution in [0, 0.1) is 0 Å². The van der Waals surface area contributed by atoms with Crippen LogP contribution in [0.4, 0.5) is 0 Å². The van der Waals surface area contributed by atoms with Crippen LogP contribution in [0.5, 0.6) is 5.75 Å². The number of aromatic amines is 2. The molecule has 0 spiro atoms. The lowest BCUT2D eigenvalue weighted by Gasteiger charge is -2.08. The molecule has 234 valence electrons. The van der Waals surface area contributed by atoms with Crippen LogP contribution in [-0.2, 0) is 10.3 Å². The first-order valence-electron chi connectivity index (χ1n) is 15.3. The van der Waals surface area contributed by atoms with Gasteiger partial charge in [-0.2, -0.15) is 8.42 Å². The highest BCUT2D eigenvalue weighted by atomic mass is 32.2. The SMILES string of the molecule is O=S(=O)(Oc1cccc2c3nc4nc(nc5[nH]c(nc6nc(nc([nH]3)c12)-c1ccccc1-6)c1ccccc51)-c1ccccc1-4)n1cccc1. The molecule has 0 aliphatic carbocycles. The van der Waals surface area contributed by atoms with Gasteiger partial charge in [-0.25, -0.2) is 33.9 Å². The second-order valence-electron chi connectivity index (χ2n) is 11.5. The Hall–Kier alpha value is -6.73. The topological polar surface area (TPSA) is 157 Å². The maximum atomic E-state index is 13.3. The maximum absolute atomic E-state index is 13.3. The Labute approximate surface area is 277 Å². The monoisotopic (exact) mass is 659 g/mol. The number of aromatic nitrogens is 9. The number of hydrogen-bond donors (Lipinski definition) is 2. The van der Waals surface area contributed by atoms with Crippen LogP contribution < -0.4 is 4.18 Å². The molecular weight excluding hydrogens is 639 g/mol. The zero-order valence-corrected chi connectivity index (χ0v) is 26.0. The molecule has 2 aliphatic heterocycles. The Bertz CT molecular complexity index is 2950. The Kier molecular flexibility index (Phi) is 5.66. The summed E-state index contributed by atoms with van der Waals surface area (Å²) >= 11 is 0. The molecule has 0 radical (unpaired) electrons. The minimum absolute atomic E-state index is 0.0717. The average Bonchev–Trinajstić information content (AvgIpc) is 3.95. The van der Waals surface area contributed by atoms with E-state index < -0.39 is 10.3 Å². The zero-order valence-electron chi connectivity index (χ0n) is 25.2. The van der Waals surface area contributed by atoms with E-state index in [-0.39, 0.29) is 5.75 Å². The molecule has 2 N–H and O–H groups in total. The summed E-state index contributed by atoms with van der Waals surface area (Å²) in [5.74, 6) is 1.84. The number of fused-ring (bicyclic) bond motifs is 20. The molecule has 0 fully saturated rings. The molecule has 0 amide bonds. The standard InChI is InChI=1S/C36H21N9O3S/c46-49(47,45-18-7-8-19-45)48-27-17-9-16-26-28(27)36-43-34-25-15-6-5-14-24(25)32(41-34)39-30-21-11-2-1-10-20(21)29(37-30)38-31-22-12-3-4-13-23(22)33(40-31)42-35(26)44-36/h1-19H,(H2,37,38,39,40,41,42,43,44). The van der Waals surface area contributed by atoms with E-state index in [9.17, 15) is 8.42 Å². The number of H-pyrrole nitrogens is 2. The third kappa shape index (κ3) is 4.26. The summed E-state index contributed by atoms with van der Waals surface area (Å²) in [6.45, 7) is 0. The fourth-order valence-corrected chi connectivity index (χ4v) is 7.24. The third-order valence-corrected chi connectivity index (χ3v) is 9.72. The molecule has 2 aliphatic rings. The normalized spacial score (nSPS) is 12.2. The number of rotatable bonds is 3. The van der Waals surface area contributed by atoms with E-state index in [0.717, 1.165) is 37.0 Å². The summed E-state index contributed by atoms with van der Waals surface area (Å²) in [6.07, 6.45) is 2.81. The first-order valence-corrected chi connectivity index (χ1v) is 16.7. The van der Waals surface area contributed by atoms with Gasteiger partial charge >= 0.3 is 10.3 Å². The van der Waals surface area contributed by atoms with Gasteiger partial charge in [0.25, 0.3) is 0 Å². The number of hydrogen-bond acceptors (Lipinski definition) is 9. The van der Waals surface area contributed by atoms with E-state index in [4.69, 9.17) is 34.1 Å². The molecule has 8 aromatic rings. The highest BCUT2D eigenvalue weighted by Crippen LogP contribution is 2.38. The lowest BCUT2D eigenvalue weighted by atomic mass is 10.1. The summed E-state index contributed by atoms with van der Waals surface area (Å²) in [6, 6.07) is 31.7. The molecule has 0 unspecified atom stereocenters. The minimum atomic E-state index is -4.23. The van der Waals surface area contributed by atoms with Gasteiger partial charge in [0.15, 0.2) is 29.0 Å². The molecule has 13 heteroatoms. The molecule has 49 heavy (non-hydrogen) atoms. The third-order valence-electron chi connectivity index (χ3n) is 8.57. The second kappa shape index (κ2) is 10.1. The first kappa shape index (κ1) is 27.4. The number of nitrogens with one attached hydrogen (secondary N) is 2. The summed E-state index contributed by atoms with van der Waals surface area (Å²) in [7, 11) is -4.23. The van der Waals surface area contributed by atoms with Crippen molar-refractivity contribution < 1.29 is 12.6 Å². The van der Waals surface area contributed by atoms with Gasteiger partial charge in [-0.1, -0.05) is 84.9 Å². The highest BCUT2D eigenvalue weighted by Gasteiger charge is 2.24. The van der Waals surface area contributed by atoms with E-state index in [1.165, 1.54) is 12.4 Å². The Morgan fingerprint density at radius 2 is 0.898 bits per heavy atom. The lowest BCUT2D eigenvalue weighted by molar-refractivity contribution is 0.479. The number of nitrogens with zero attached hydrogens (tertiary/aromatic N) is 7. The predicted molar refractivity (Wildman–Crippen MR) is 185 cm³/mol. The molecule has 12 nitrogen and oxygen atoms in total. The van der Waals surface area contributed by atoms with Crippen molar-refractivity contribution in [3.63, 3.8) is 0 Å². The van der Waals surface area contributed by atoms with Crippen LogP contribution in [0.1, 0.15) is 0 Å². The van der Waals surface area contributed by atoms with E-state index in [1.54, 1.807) is 24.3 Å². The molecule has 10 rings (SSSR count). The minimum Gasteiger partial charge on any atom is -0.366 e. The van der Waals surface area contributed by atoms with Crippen LogP contribution in [0.3, 0.4) is 0 Å². The van der Waals surface area contributed by atoms with Gasteiger partial charge < -0.3 is 14.2 Å². The molecule has 6 heterocycles. The quantitative estimate of drug-likeness (QED) is 0.207. The van der Waals surface area contributed by atoms with E-state index in [1.807, 2.05) is 78.9 Å². The van der Waals surface area contributed by atoms with Gasteiger partial charge in [-0.15, -0.1) is 0 Å². The van der Waals surface area contributed by atoms with E-state index in [0.29, 0.717) is 56.7 Å². The van der Waals surface area contributed by atoms with Gasteiger partial charge in [0.05, 0.1) is 5.39 Å². The smallest absolute Gasteiger partial charge is 0.366 e. The summed E-state index contributed by atoms with van der Waals surface area (Å²) in [5.41, 5.74) is 5.09. The van der Waals surface area contributed by atoms with Gasteiger partial charge in [-0.3, -0.25) is 0 Å². The maximum Gasteiger partial charge on any atom is 0.413 e. The molecule has 8 bridgehead atoms. The Balaban J connectivity index is 1.36. The zero-order chi connectivity index (χ0) is 32.7. The Morgan fingerprint density at radius 1 is 0.469 bits per heavy atom. The van der Waals surface area contributed by atoms with Crippen molar-refractivity contribution in [1.82, 2.24) is 43.8 Å². The van der Waals surface area contributed by atoms with Crippen LogP contribution in [0.2, 0.25) is 0 Å². The molecule has 4 aromatic heterocycles. The Morgan fingerprint density at radius 3 is 1.43 bits per heavy atom. The second-order valence-corrected chi connectivity index (χ2v) is 12.9. The van der Waals surface area contributed by atoms with Crippen LogP contribution >= 0.6 is 0 Å². The predicted octanol–water partition coefficient (Wildman–Crippen LogP) is 6.84. The largest absolute Gasteiger partial charge is 0.413 e. The van der Waals surface area contributed by atoms with Crippen LogP contribution in [-0.4, -0.2) is 52.3 Å². The summed E-state index contributed by atoms with van der Waals surface area (Å²) < 4.78 is 33.3. The van der Waals surface area contributed by atoms with Crippen molar-refractivity contribution in [3.8, 4) is 51.3 Å². The van der Waals surface area contributed by atoms with Crippen LogP contribution in [0.15, 0.2) is 116 Å². The van der Waals surface area contributed by atoms with Gasteiger partial charge in [-0.05, 0) is 18.2 Å². The van der Waals surface area contributed by atoms with E-state index >= 15 is 0 Å². The summed E-state index contributed by atoms with van der Waals surface area (Å²) in [5, 5.41) is 2.75. The van der Waals surface area contributed by atoms with Gasteiger partial charge in [0.2, 0.25) is 0 Å². The molecular formula is C36H21N9O3S. The van der Waals surface area contributed by atoms with Gasteiger partial charge in [0.1, 0.15) is 22.6 Å². The van der Waals surface area contributed by atoms with Crippen molar-refractivity contribution in [2.24, 2.45) is 0 Å². The lowest BCUT2D eigenvalue weighted by Crippen LogP contribution is -2.17. The average molecular weight is 660 g/mol. The number of benzene rings is 4. The van der Waals surface area contributed by atoms with Crippen molar-refractivity contribution in [1.29, 1.82) is 0 Å². The fourth-order valence-electron chi connectivity index (χ4n) is 6.35. The van der Waals surface area contributed by atoms with Crippen molar-refractivity contribution in [3.05, 3.63) is 116 Å². The highest BCUT2D eigenvalue weighted by molar-refractivity contribution is 7.85. The molecule has 0 atom stereocenters. The van der Waals surface area contributed by atoms with Gasteiger partial charge in [0, 0.05) is 50.8 Å². The van der Waals surface area contributed by atoms with Crippen molar-refractivity contribution >= 4 is 54.4 Å². The first-order chi connectivity index (χ1) is 24.0. The molecule has 4 aromatic carbocycles. The van der Waals surface area contributed by atoms with Crippen LogP contribution in [0.25, 0.3) is 89.7 Å². The molecule has 0 saturated heterocycles. The van der Waals surface area contributed by atoms with Crippen molar-refractivity contribution in [2.75, 3.05) is 0 Å². The van der Waals surface area contributed by atoms with Crippen molar-refractivity contribution in [2.45, 2.75) is 0 Å². The fraction of sp³-hybridized carbons (Fsp3) is 0. The molecule has 0 saturated carbocycles.